The van der Waals surface area contributed by atoms with Crippen LogP contribution in [0.3, 0.4) is 0 Å². The summed E-state index contributed by atoms with van der Waals surface area (Å²) in [4.78, 5) is 36.7. The van der Waals surface area contributed by atoms with Crippen LogP contribution in [0.1, 0.15) is 47.7 Å². The summed E-state index contributed by atoms with van der Waals surface area (Å²) in [7, 11) is 0. The van der Waals surface area contributed by atoms with E-state index in [1.54, 1.807) is 24.3 Å². The van der Waals surface area contributed by atoms with Crippen molar-refractivity contribution in [1.82, 2.24) is 5.32 Å². The molecule has 0 aromatic heterocycles. The van der Waals surface area contributed by atoms with E-state index in [-0.39, 0.29) is 30.4 Å². The summed E-state index contributed by atoms with van der Waals surface area (Å²) in [5.41, 5.74) is 5.02. The zero-order valence-electron chi connectivity index (χ0n) is 19.7. The van der Waals surface area contributed by atoms with Gasteiger partial charge >= 0.3 is 12.1 Å². The number of benzene rings is 3. The standard InChI is InChI=1S/C28H28N2O5/c1-17(2)25(15-26(31)32)29-27(33)22-13-7-8-14-24(22)30-28(34)35-16-23-20-11-5-3-9-18(20)19-10-4-6-12-21(19)23/h3-14,17,23,25H,15-16H2,1-2H3,(H,29,33)(H,30,34)(H,31,32)/t25-/m1/s1. The molecule has 0 unspecified atom stereocenters. The highest BCUT2D eigenvalue weighted by Crippen LogP contribution is 2.44. The number of ether oxygens (including phenoxy) is 1. The molecule has 0 heterocycles. The van der Waals surface area contributed by atoms with Gasteiger partial charge in [-0.25, -0.2) is 4.79 Å². The first-order valence-electron chi connectivity index (χ1n) is 11.6. The van der Waals surface area contributed by atoms with Gasteiger partial charge in [-0.2, -0.15) is 0 Å². The van der Waals surface area contributed by atoms with Crippen LogP contribution >= 0.6 is 0 Å². The summed E-state index contributed by atoms with van der Waals surface area (Å²) >= 11 is 0. The second kappa shape index (κ2) is 10.4. The second-order valence-corrected chi connectivity index (χ2v) is 8.92. The Hall–Kier alpha value is -4.13. The topological polar surface area (TPSA) is 105 Å². The molecule has 1 atom stereocenters. The fourth-order valence-electron chi connectivity index (χ4n) is 4.42. The van der Waals surface area contributed by atoms with Gasteiger partial charge in [-0.3, -0.25) is 14.9 Å². The number of nitrogens with one attached hydrogen (secondary N) is 2. The zero-order valence-corrected chi connectivity index (χ0v) is 19.7. The molecule has 0 bridgehead atoms. The van der Waals surface area contributed by atoms with E-state index in [0.717, 1.165) is 22.3 Å². The maximum absolute atomic E-state index is 12.9. The van der Waals surface area contributed by atoms with E-state index in [2.05, 4.69) is 22.8 Å². The Balaban J connectivity index is 1.44. The van der Waals surface area contributed by atoms with Gasteiger partial charge in [0.15, 0.2) is 0 Å². The molecule has 2 amide bonds. The van der Waals surface area contributed by atoms with Crippen molar-refractivity contribution in [3.05, 3.63) is 89.5 Å². The molecule has 7 nitrogen and oxygen atoms in total. The van der Waals surface area contributed by atoms with Gasteiger partial charge in [-0.1, -0.05) is 74.5 Å². The molecule has 0 saturated heterocycles. The van der Waals surface area contributed by atoms with Crippen molar-refractivity contribution in [2.45, 2.75) is 32.2 Å². The molecular formula is C28H28N2O5. The van der Waals surface area contributed by atoms with Crippen molar-refractivity contribution in [3.63, 3.8) is 0 Å². The smallest absolute Gasteiger partial charge is 0.411 e. The first kappa shape index (κ1) is 24.0. The minimum atomic E-state index is -0.992. The number of aliphatic carboxylic acids is 1. The first-order valence-corrected chi connectivity index (χ1v) is 11.6. The minimum absolute atomic E-state index is 0.0719. The van der Waals surface area contributed by atoms with Gasteiger partial charge in [0.25, 0.3) is 5.91 Å². The van der Waals surface area contributed by atoms with E-state index in [1.807, 2.05) is 50.2 Å². The number of rotatable bonds is 8. The number of carbonyl (C=O) groups excluding carboxylic acids is 2. The molecule has 180 valence electrons. The maximum Gasteiger partial charge on any atom is 0.411 e. The van der Waals surface area contributed by atoms with Crippen molar-refractivity contribution in [2.75, 3.05) is 11.9 Å². The third-order valence-electron chi connectivity index (χ3n) is 6.27. The zero-order chi connectivity index (χ0) is 24.9. The molecule has 3 aromatic carbocycles. The van der Waals surface area contributed by atoms with Gasteiger partial charge in [0, 0.05) is 12.0 Å². The average molecular weight is 473 g/mol. The molecule has 0 aliphatic heterocycles. The van der Waals surface area contributed by atoms with Crippen molar-refractivity contribution in [3.8, 4) is 11.1 Å². The normalized spacial score (nSPS) is 13.0. The van der Waals surface area contributed by atoms with Crippen LogP contribution in [-0.2, 0) is 9.53 Å². The van der Waals surface area contributed by atoms with Crippen LogP contribution in [0.5, 0.6) is 0 Å². The summed E-state index contributed by atoms with van der Waals surface area (Å²) in [5.74, 6) is -1.60. The molecule has 3 aromatic rings. The van der Waals surface area contributed by atoms with Gasteiger partial charge in [0.2, 0.25) is 0 Å². The maximum atomic E-state index is 12.9. The van der Waals surface area contributed by atoms with E-state index in [9.17, 15) is 14.4 Å². The number of carboxylic acid groups (broad SMARTS) is 1. The lowest BCUT2D eigenvalue weighted by Crippen LogP contribution is -2.40. The molecule has 1 aliphatic rings. The quantitative estimate of drug-likeness (QED) is 0.414. The molecule has 0 spiro atoms. The molecular weight excluding hydrogens is 444 g/mol. The number of amides is 2. The van der Waals surface area contributed by atoms with Gasteiger partial charge < -0.3 is 15.2 Å². The largest absolute Gasteiger partial charge is 0.481 e. The summed E-state index contributed by atoms with van der Waals surface area (Å²) in [5, 5.41) is 14.6. The molecule has 35 heavy (non-hydrogen) atoms. The Labute approximate surface area is 204 Å². The Morgan fingerprint density at radius 2 is 1.46 bits per heavy atom. The van der Waals surface area contributed by atoms with E-state index in [4.69, 9.17) is 9.84 Å². The summed E-state index contributed by atoms with van der Waals surface area (Å²) in [6.45, 7) is 3.84. The Morgan fingerprint density at radius 3 is 2.06 bits per heavy atom. The average Bonchev–Trinajstić information content (AvgIpc) is 3.16. The van der Waals surface area contributed by atoms with Crippen LogP contribution in [0.15, 0.2) is 72.8 Å². The summed E-state index contributed by atoms with van der Waals surface area (Å²) in [6, 6.07) is 22.2. The Kier molecular flexibility index (Phi) is 7.15. The molecule has 0 radical (unpaired) electrons. The fourth-order valence-corrected chi connectivity index (χ4v) is 4.42. The van der Waals surface area contributed by atoms with Crippen LogP contribution < -0.4 is 10.6 Å². The SMILES string of the molecule is CC(C)[C@@H](CC(=O)O)NC(=O)c1ccccc1NC(=O)OCC1c2ccccc2-c2ccccc21. The van der Waals surface area contributed by atoms with Crippen LogP contribution in [0, 0.1) is 5.92 Å². The third kappa shape index (κ3) is 5.35. The van der Waals surface area contributed by atoms with Crippen molar-refractivity contribution >= 4 is 23.7 Å². The molecule has 0 saturated carbocycles. The van der Waals surface area contributed by atoms with Crippen LogP contribution in [0.25, 0.3) is 11.1 Å². The van der Waals surface area contributed by atoms with Crippen LogP contribution in [0.2, 0.25) is 0 Å². The third-order valence-corrected chi connectivity index (χ3v) is 6.27. The first-order chi connectivity index (χ1) is 16.8. The number of carbonyl (C=O) groups is 3. The van der Waals surface area contributed by atoms with Gasteiger partial charge in [-0.05, 0) is 40.3 Å². The molecule has 0 fully saturated rings. The van der Waals surface area contributed by atoms with Crippen LogP contribution in [0.4, 0.5) is 10.5 Å². The van der Waals surface area contributed by atoms with Gasteiger partial charge in [0.1, 0.15) is 6.61 Å². The van der Waals surface area contributed by atoms with Crippen LogP contribution in [-0.4, -0.2) is 35.7 Å². The van der Waals surface area contributed by atoms with Gasteiger partial charge in [0.05, 0.1) is 17.7 Å². The second-order valence-electron chi connectivity index (χ2n) is 8.92. The lowest BCUT2D eigenvalue weighted by molar-refractivity contribution is -0.137. The van der Waals surface area contributed by atoms with E-state index in [1.165, 1.54) is 0 Å². The lowest BCUT2D eigenvalue weighted by Gasteiger charge is -2.21. The highest BCUT2D eigenvalue weighted by Gasteiger charge is 2.29. The Bertz CT molecular complexity index is 1210. The molecule has 3 N–H and O–H groups in total. The monoisotopic (exact) mass is 472 g/mol. The fraction of sp³-hybridized carbons (Fsp3) is 0.250. The van der Waals surface area contributed by atoms with Crippen molar-refractivity contribution in [1.29, 1.82) is 0 Å². The molecule has 1 aliphatic carbocycles. The number of carboxylic acids is 1. The molecule has 7 heteroatoms. The Morgan fingerprint density at radius 1 is 0.886 bits per heavy atom. The van der Waals surface area contributed by atoms with Crippen molar-refractivity contribution in [2.24, 2.45) is 5.92 Å². The lowest BCUT2D eigenvalue weighted by atomic mass is 9.98. The highest BCUT2D eigenvalue weighted by atomic mass is 16.5. The van der Waals surface area contributed by atoms with E-state index in [0.29, 0.717) is 5.69 Å². The minimum Gasteiger partial charge on any atom is -0.481 e. The van der Waals surface area contributed by atoms with Crippen molar-refractivity contribution < 1.29 is 24.2 Å². The number of hydrogen-bond acceptors (Lipinski definition) is 4. The summed E-state index contributed by atoms with van der Waals surface area (Å²) in [6.07, 6.45) is -0.858. The number of fused-ring (bicyclic) bond motifs is 3. The highest BCUT2D eigenvalue weighted by molar-refractivity contribution is 6.02. The molecule has 4 rings (SSSR count). The predicted molar refractivity (Wildman–Crippen MR) is 133 cm³/mol. The number of anilines is 1. The summed E-state index contributed by atoms with van der Waals surface area (Å²) < 4.78 is 5.59. The predicted octanol–water partition coefficient (Wildman–Crippen LogP) is 5.28. The van der Waals surface area contributed by atoms with Gasteiger partial charge in [-0.15, -0.1) is 0 Å². The number of hydrogen-bond donors (Lipinski definition) is 3. The van der Waals surface area contributed by atoms with E-state index < -0.39 is 24.0 Å². The van der Waals surface area contributed by atoms with E-state index >= 15 is 0 Å². The number of para-hydroxylation sites is 1.